The van der Waals surface area contributed by atoms with Gasteiger partial charge in [0.05, 0.1) is 0 Å². The summed E-state index contributed by atoms with van der Waals surface area (Å²) in [4.78, 5) is 21.2. The Hall–Kier alpha value is -1.94. The molecule has 0 unspecified atom stereocenters. The molecule has 0 aromatic heterocycles. The molecule has 0 spiro atoms. The van der Waals surface area contributed by atoms with Gasteiger partial charge in [0.25, 0.3) is 5.91 Å². The third kappa shape index (κ3) is 3.74. The molecule has 0 aliphatic heterocycles. The minimum atomic E-state index is -0.429. The third-order valence-electron chi connectivity index (χ3n) is 1.74. The van der Waals surface area contributed by atoms with Crippen LogP contribution in [0.4, 0.5) is 0 Å². The Bertz CT molecular complexity index is 360. The van der Waals surface area contributed by atoms with Crippen LogP contribution in [0, 0.1) is 0 Å². The first kappa shape index (κ1) is 11.1. The highest BCUT2D eigenvalue weighted by Gasteiger charge is 2.03. The Kier molecular flexibility index (Phi) is 4.25. The summed E-state index contributed by atoms with van der Waals surface area (Å²) in [5.41, 5.74) is 0.898. The van der Waals surface area contributed by atoms with Crippen molar-refractivity contribution in [2.45, 2.75) is 0 Å². The van der Waals surface area contributed by atoms with Crippen molar-refractivity contribution in [3.63, 3.8) is 0 Å². The monoisotopic (exact) mass is 203 g/mol. The smallest absolute Gasteiger partial charge is 0.260 e. The molecule has 77 valence electrons. The van der Waals surface area contributed by atoms with Crippen LogP contribution >= 0.6 is 0 Å². The van der Waals surface area contributed by atoms with E-state index in [2.05, 4.69) is 0 Å². The minimum absolute atomic E-state index is 0.224. The van der Waals surface area contributed by atoms with Crippen LogP contribution in [-0.4, -0.2) is 23.7 Å². The number of amides is 1. The van der Waals surface area contributed by atoms with Gasteiger partial charge in [0, 0.05) is 6.08 Å². The van der Waals surface area contributed by atoms with Crippen molar-refractivity contribution in [1.29, 1.82) is 0 Å². The van der Waals surface area contributed by atoms with Crippen molar-refractivity contribution in [3.8, 4) is 0 Å². The van der Waals surface area contributed by atoms with Gasteiger partial charge in [-0.05, 0) is 11.6 Å². The number of hydrazine groups is 1. The van der Waals surface area contributed by atoms with Gasteiger partial charge >= 0.3 is 0 Å². The zero-order chi connectivity index (χ0) is 11.1. The molecule has 0 heterocycles. The summed E-state index contributed by atoms with van der Waals surface area (Å²) in [6, 6.07) is 9.33. The first-order valence-corrected chi connectivity index (χ1v) is 4.38. The lowest BCUT2D eigenvalue weighted by Gasteiger charge is -2.08. The number of rotatable bonds is 4. The summed E-state index contributed by atoms with van der Waals surface area (Å²) < 4.78 is 0. The summed E-state index contributed by atoms with van der Waals surface area (Å²) in [5.74, 6) is 4.83. The standard InChI is InChI=1S/C11H11N2O2/c12-13(8-9-14)11(15)7-6-10-4-2-1-3-5-10/h1-7H,8,12H2. The molecule has 0 aliphatic carbocycles. The first-order chi connectivity index (χ1) is 7.24. The Morgan fingerprint density at radius 3 is 2.67 bits per heavy atom. The number of nitrogens with two attached hydrogens (primary N) is 1. The van der Waals surface area contributed by atoms with E-state index < -0.39 is 5.91 Å². The number of benzene rings is 1. The first-order valence-electron chi connectivity index (χ1n) is 4.38. The van der Waals surface area contributed by atoms with E-state index in [1.165, 1.54) is 6.08 Å². The van der Waals surface area contributed by atoms with E-state index in [-0.39, 0.29) is 6.54 Å². The van der Waals surface area contributed by atoms with Gasteiger partial charge < -0.3 is 0 Å². The lowest BCUT2D eigenvalue weighted by molar-refractivity contribution is -0.125. The van der Waals surface area contributed by atoms with Crippen LogP contribution in [0.1, 0.15) is 5.56 Å². The number of hydrogen-bond donors (Lipinski definition) is 1. The van der Waals surface area contributed by atoms with Crippen LogP contribution in [0.15, 0.2) is 36.4 Å². The summed E-state index contributed by atoms with van der Waals surface area (Å²) >= 11 is 0. The van der Waals surface area contributed by atoms with Gasteiger partial charge in [-0.3, -0.25) is 14.6 Å². The second-order valence-corrected chi connectivity index (χ2v) is 2.85. The topological polar surface area (TPSA) is 63.4 Å². The van der Waals surface area contributed by atoms with E-state index in [4.69, 9.17) is 5.84 Å². The number of carbonyl (C=O) groups is 1. The Morgan fingerprint density at radius 1 is 1.40 bits per heavy atom. The predicted octanol–water partition coefficient (Wildman–Crippen LogP) is 0.512. The molecule has 0 saturated carbocycles. The Balaban J connectivity index is 2.58. The molecule has 1 rings (SSSR count). The van der Waals surface area contributed by atoms with Crippen LogP contribution in [0.5, 0.6) is 0 Å². The molecular weight excluding hydrogens is 192 g/mol. The zero-order valence-electron chi connectivity index (χ0n) is 8.09. The fourth-order valence-electron chi connectivity index (χ4n) is 0.975. The lowest BCUT2D eigenvalue weighted by Crippen LogP contribution is -2.37. The molecule has 0 saturated heterocycles. The molecule has 15 heavy (non-hydrogen) atoms. The molecule has 1 radical (unpaired) electrons. The second kappa shape index (κ2) is 5.72. The molecule has 4 nitrogen and oxygen atoms in total. The van der Waals surface area contributed by atoms with Crippen molar-refractivity contribution in [2.75, 3.05) is 6.54 Å². The molecule has 0 aliphatic rings. The lowest BCUT2D eigenvalue weighted by atomic mass is 10.2. The molecule has 4 heteroatoms. The van der Waals surface area contributed by atoms with Gasteiger partial charge in [-0.1, -0.05) is 30.3 Å². The summed E-state index contributed by atoms with van der Waals surface area (Å²) in [6.45, 7) is -0.224. The van der Waals surface area contributed by atoms with Gasteiger partial charge in [0.2, 0.25) is 6.29 Å². The van der Waals surface area contributed by atoms with Crippen molar-refractivity contribution in [3.05, 3.63) is 42.0 Å². The fourth-order valence-corrected chi connectivity index (χ4v) is 0.975. The minimum Gasteiger partial charge on any atom is -0.289 e. The molecule has 0 bridgehead atoms. The SMILES string of the molecule is NN(C[C]=O)C(=O)C=Cc1ccccc1. The maximum Gasteiger partial charge on any atom is 0.260 e. The molecule has 1 aromatic rings. The summed E-state index contributed by atoms with van der Waals surface area (Å²) in [6.07, 6.45) is 4.49. The maximum absolute atomic E-state index is 11.2. The molecule has 0 fully saturated rings. The number of hydrogen-bond acceptors (Lipinski definition) is 3. The van der Waals surface area contributed by atoms with Gasteiger partial charge in [0.1, 0.15) is 6.54 Å². The third-order valence-corrected chi connectivity index (χ3v) is 1.74. The van der Waals surface area contributed by atoms with E-state index >= 15 is 0 Å². The quantitative estimate of drug-likeness (QED) is 0.335. The number of carbonyl (C=O) groups excluding carboxylic acids is 2. The summed E-state index contributed by atoms with van der Waals surface area (Å²) in [7, 11) is 0. The van der Waals surface area contributed by atoms with Gasteiger partial charge in [0.15, 0.2) is 0 Å². The van der Waals surface area contributed by atoms with Crippen molar-refractivity contribution < 1.29 is 9.59 Å². The van der Waals surface area contributed by atoms with E-state index in [0.29, 0.717) is 0 Å². The highest BCUT2D eigenvalue weighted by Crippen LogP contribution is 2.00. The second-order valence-electron chi connectivity index (χ2n) is 2.85. The molecule has 1 amide bonds. The maximum atomic E-state index is 11.2. The van der Waals surface area contributed by atoms with Gasteiger partial charge in [-0.25, -0.2) is 5.84 Å². The van der Waals surface area contributed by atoms with Crippen molar-refractivity contribution in [2.24, 2.45) is 5.84 Å². The van der Waals surface area contributed by atoms with E-state index in [9.17, 15) is 9.59 Å². The predicted molar refractivity (Wildman–Crippen MR) is 57.1 cm³/mol. The highest BCUT2D eigenvalue weighted by molar-refractivity contribution is 5.92. The van der Waals surface area contributed by atoms with Crippen LogP contribution in [0.3, 0.4) is 0 Å². The normalized spacial score (nSPS) is 10.2. The Morgan fingerprint density at radius 2 is 2.07 bits per heavy atom. The molecule has 0 atom stereocenters. The van der Waals surface area contributed by atoms with Crippen molar-refractivity contribution in [1.82, 2.24) is 5.01 Å². The van der Waals surface area contributed by atoms with Gasteiger partial charge in [-0.15, -0.1) is 0 Å². The average Bonchev–Trinajstić information content (AvgIpc) is 2.27. The van der Waals surface area contributed by atoms with Crippen LogP contribution in [0.25, 0.3) is 6.08 Å². The largest absolute Gasteiger partial charge is 0.289 e. The number of nitrogens with zero attached hydrogens (tertiary/aromatic N) is 1. The van der Waals surface area contributed by atoms with E-state index in [1.54, 1.807) is 12.4 Å². The highest BCUT2D eigenvalue weighted by atomic mass is 16.2. The van der Waals surface area contributed by atoms with Gasteiger partial charge in [-0.2, -0.15) is 0 Å². The van der Waals surface area contributed by atoms with Crippen LogP contribution in [-0.2, 0) is 9.59 Å². The average molecular weight is 203 g/mol. The zero-order valence-corrected chi connectivity index (χ0v) is 8.09. The molecule has 1 aromatic carbocycles. The van der Waals surface area contributed by atoms with E-state index in [0.717, 1.165) is 10.6 Å². The van der Waals surface area contributed by atoms with Crippen LogP contribution in [0.2, 0.25) is 0 Å². The fraction of sp³-hybridized carbons (Fsp3) is 0.0909. The van der Waals surface area contributed by atoms with E-state index in [1.807, 2.05) is 30.3 Å². The summed E-state index contributed by atoms with van der Waals surface area (Å²) in [5, 5.41) is 0.798. The molecule has 2 N–H and O–H groups in total. The van der Waals surface area contributed by atoms with Crippen LogP contribution < -0.4 is 5.84 Å². The molecular formula is C11H11N2O2. The van der Waals surface area contributed by atoms with Crippen molar-refractivity contribution >= 4 is 18.3 Å². The Labute approximate surface area is 88.0 Å².